The fourth-order valence-electron chi connectivity index (χ4n) is 3.89. The van der Waals surface area contributed by atoms with E-state index in [0.29, 0.717) is 6.42 Å². The van der Waals surface area contributed by atoms with Gasteiger partial charge in [0.2, 0.25) is 5.91 Å². The molecule has 0 aliphatic carbocycles. The van der Waals surface area contributed by atoms with Crippen molar-refractivity contribution in [3.05, 3.63) is 35.9 Å². The van der Waals surface area contributed by atoms with Gasteiger partial charge in [0.05, 0.1) is 7.11 Å². The van der Waals surface area contributed by atoms with Crippen molar-refractivity contribution in [2.75, 3.05) is 46.9 Å². The first kappa shape index (κ1) is 18.0. The molecule has 2 aliphatic rings. The van der Waals surface area contributed by atoms with Crippen LogP contribution in [0.1, 0.15) is 24.8 Å². The number of amides is 1. The van der Waals surface area contributed by atoms with E-state index < -0.39 is 0 Å². The summed E-state index contributed by atoms with van der Waals surface area (Å²) in [5, 5.41) is 3.02. The molecule has 25 heavy (non-hydrogen) atoms. The molecule has 0 aromatic heterocycles. The predicted octanol–water partition coefficient (Wildman–Crippen LogP) is 1.99. The molecule has 0 bridgehead atoms. The summed E-state index contributed by atoms with van der Waals surface area (Å²) in [6.07, 6.45) is 7.03. The van der Waals surface area contributed by atoms with Crippen LogP contribution in [0, 0.1) is 0 Å². The van der Waals surface area contributed by atoms with E-state index in [1.165, 1.54) is 5.56 Å². The zero-order chi connectivity index (χ0) is 17.7. The van der Waals surface area contributed by atoms with E-state index in [-0.39, 0.29) is 11.4 Å². The van der Waals surface area contributed by atoms with Crippen molar-refractivity contribution in [1.29, 1.82) is 0 Å². The summed E-state index contributed by atoms with van der Waals surface area (Å²) in [7, 11) is 3.89. The highest BCUT2D eigenvalue weighted by Crippen LogP contribution is 2.30. The van der Waals surface area contributed by atoms with Crippen molar-refractivity contribution in [3.63, 3.8) is 0 Å². The molecular weight excluding hydrogens is 314 g/mol. The standard InChI is InChI=1S/C20H29N3O2/c1-22-14-15-23(16-20(22)10-9-19(24)21-12-11-20)13-3-4-17-5-7-18(25-2)8-6-17/h3-8H,9-16H2,1-2H3,(H,21,24). The van der Waals surface area contributed by atoms with E-state index in [4.69, 9.17) is 4.74 Å². The number of methoxy groups -OCH3 is 1. The van der Waals surface area contributed by atoms with Crippen LogP contribution in [0.3, 0.4) is 0 Å². The molecule has 136 valence electrons. The number of hydrogen-bond acceptors (Lipinski definition) is 4. The number of nitrogens with one attached hydrogen (secondary N) is 1. The number of ether oxygens (including phenoxy) is 1. The summed E-state index contributed by atoms with van der Waals surface area (Å²) in [5.41, 5.74) is 1.32. The molecule has 1 N–H and O–H groups in total. The Labute approximate surface area is 150 Å². The largest absolute Gasteiger partial charge is 0.497 e. The maximum absolute atomic E-state index is 11.7. The molecule has 1 amide bonds. The molecule has 2 aliphatic heterocycles. The van der Waals surface area contributed by atoms with Crippen molar-refractivity contribution in [1.82, 2.24) is 15.1 Å². The summed E-state index contributed by atoms with van der Waals surface area (Å²) >= 11 is 0. The maximum Gasteiger partial charge on any atom is 0.220 e. The molecule has 1 unspecified atom stereocenters. The van der Waals surface area contributed by atoms with Crippen LogP contribution in [0.15, 0.2) is 30.3 Å². The second kappa shape index (κ2) is 8.02. The third kappa shape index (κ3) is 4.41. The van der Waals surface area contributed by atoms with Crippen LogP contribution in [-0.4, -0.2) is 68.1 Å². The van der Waals surface area contributed by atoms with Gasteiger partial charge in [-0.05, 0) is 37.6 Å². The Bertz CT molecular complexity index is 614. The summed E-state index contributed by atoms with van der Waals surface area (Å²) in [6.45, 7) is 4.91. The molecule has 1 aromatic carbocycles. The van der Waals surface area contributed by atoms with Crippen molar-refractivity contribution in [2.24, 2.45) is 0 Å². The lowest BCUT2D eigenvalue weighted by molar-refractivity contribution is -0.121. The Hall–Kier alpha value is -1.85. The highest BCUT2D eigenvalue weighted by Gasteiger charge is 2.40. The number of benzene rings is 1. The molecular formula is C20H29N3O2. The van der Waals surface area contributed by atoms with Crippen LogP contribution >= 0.6 is 0 Å². The summed E-state index contributed by atoms with van der Waals surface area (Å²) in [6, 6.07) is 8.12. The number of rotatable bonds is 4. The molecule has 0 saturated carbocycles. The quantitative estimate of drug-likeness (QED) is 0.908. The Morgan fingerprint density at radius 1 is 1.24 bits per heavy atom. The molecule has 5 nitrogen and oxygen atoms in total. The van der Waals surface area contributed by atoms with Crippen molar-refractivity contribution >= 4 is 12.0 Å². The maximum atomic E-state index is 11.7. The summed E-state index contributed by atoms with van der Waals surface area (Å²) in [5.74, 6) is 1.08. The van der Waals surface area contributed by atoms with E-state index in [0.717, 1.165) is 51.3 Å². The molecule has 2 heterocycles. The minimum absolute atomic E-state index is 0.130. The number of carbonyl (C=O) groups excluding carboxylic acids is 1. The Morgan fingerprint density at radius 2 is 2.04 bits per heavy atom. The predicted molar refractivity (Wildman–Crippen MR) is 101 cm³/mol. The third-order valence-corrected chi connectivity index (χ3v) is 5.60. The normalized spacial score (nSPS) is 25.9. The average molecular weight is 343 g/mol. The highest BCUT2D eigenvalue weighted by atomic mass is 16.5. The van der Waals surface area contributed by atoms with Gasteiger partial charge in [-0.25, -0.2) is 0 Å². The van der Waals surface area contributed by atoms with Crippen LogP contribution < -0.4 is 10.1 Å². The van der Waals surface area contributed by atoms with Crippen LogP contribution in [0.25, 0.3) is 6.08 Å². The summed E-state index contributed by atoms with van der Waals surface area (Å²) < 4.78 is 5.19. The second-order valence-electron chi connectivity index (χ2n) is 7.16. The second-order valence-corrected chi connectivity index (χ2v) is 7.16. The van der Waals surface area contributed by atoms with Crippen molar-refractivity contribution in [3.8, 4) is 5.75 Å². The highest BCUT2D eigenvalue weighted by molar-refractivity contribution is 5.76. The first-order chi connectivity index (χ1) is 12.1. The topological polar surface area (TPSA) is 44.8 Å². The molecule has 1 atom stereocenters. The number of nitrogens with zero attached hydrogens (tertiary/aromatic N) is 2. The number of piperazine rings is 1. The van der Waals surface area contributed by atoms with E-state index >= 15 is 0 Å². The average Bonchev–Trinajstić information content (AvgIpc) is 2.81. The number of hydrogen-bond donors (Lipinski definition) is 1. The number of carbonyl (C=O) groups is 1. The molecule has 3 rings (SSSR count). The van der Waals surface area contributed by atoms with E-state index in [1.807, 2.05) is 12.1 Å². The smallest absolute Gasteiger partial charge is 0.220 e. The van der Waals surface area contributed by atoms with Gasteiger partial charge in [-0.2, -0.15) is 0 Å². The minimum Gasteiger partial charge on any atom is -0.497 e. The van der Waals surface area contributed by atoms with Crippen molar-refractivity contribution in [2.45, 2.75) is 24.8 Å². The van der Waals surface area contributed by atoms with Gasteiger partial charge < -0.3 is 10.1 Å². The van der Waals surface area contributed by atoms with E-state index in [2.05, 4.69) is 46.4 Å². The lowest BCUT2D eigenvalue weighted by atomic mass is 9.86. The van der Waals surface area contributed by atoms with Gasteiger partial charge in [0.15, 0.2) is 0 Å². The zero-order valence-corrected chi connectivity index (χ0v) is 15.3. The van der Waals surface area contributed by atoms with Gasteiger partial charge >= 0.3 is 0 Å². The van der Waals surface area contributed by atoms with Crippen LogP contribution in [0.4, 0.5) is 0 Å². The lowest BCUT2D eigenvalue weighted by Gasteiger charge is -2.49. The van der Waals surface area contributed by atoms with Crippen molar-refractivity contribution < 1.29 is 9.53 Å². The van der Waals surface area contributed by atoms with Gasteiger partial charge in [-0.15, -0.1) is 0 Å². The Balaban J connectivity index is 1.59. The van der Waals surface area contributed by atoms with Crippen LogP contribution in [0.5, 0.6) is 5.75 Å². The van der Waals surface area contributed by atoms with Gasteiger partial charge in [0.1, 0.15) is 5.75 Å². The van der Waals surface area contributed by atoms with Gasteiger partial charge in [-0.1, -0.05) is 24.3 Å². The minimum atomic E-state index is 0.130. The fourth-order valence-corrected chi connectivity index (χ4v) is 3.89. The van der Waals surface area contributed by atoms with Gasteiger partial charge in [-0.3, -0.25) is 14.6 Å². The molecule has 0 radical (unpaired) electrons. The van der Waals surface area contributed by atoms with E-state index in [1.54, 1.807) is 7.11 Å². The van der Waals surface area contributed by atoms with E-state index in [9.17, 15) is 4.79 Å². The zero-order valence-electron chi connectivity index (χ0n) is 15.3. The molecule has 2 saturated heterocycles. The van der Waals surface area contributed by atoms with Crippen LogP contribution in [0.2, 0.25) is 0 Å². The Morgan fingerprint density at radius 3 is 2.80 bits per heavy atom. The summed E-state index contributed by atoms with van der Waals surface area (Å²) in [4.78, 5) is 16.7. The molecule has 1 aromatic rings. The van der Waals surface area contributed by atoms with Gasteiger partial charge in [0.25, 0.3) is 0 Å². The first-order valence-electron chi connectivity index (χ1n) is 9.12. The molecule has 5 heteroatoms. The Kier molecular flexibility index (Phi) is 5.76. The molecule has 1 spiro atoms. The van der Waals surface area contributed by atoms with Crippen LogP contribution in [-0.2, 0) is 4.79 Å². The lowest BCUT2D eigenvalue weighted by Crippen LogP contribution is -2.61. The third-order valence-electron chi connectivity index (χ3n) is 5.60. The molecule has 2 fully saturated rings. The van der Waals surface area contributed by atoms with Gasteiger partial charge in [0, 0.05) is 44.7 Å². The number of likely N-dealkylation sites (N-methyl/N-ethyl adjacent to an activating group) is 1. The fraction of sp³-hybridized carbons (Fsp3) is 0.550. The SMILES string of the molecule is COc1ccc(C=CCN2CCN(C)C3(CCNC(=O)CC3)C2)cc1. The first-order valence-corrected chi connectivity index (χ1v) is 9.12. The monoisotopic (exact) mass is 343 g/mol.